The molecule has 0 saturated carbocycles. The Kier molecular flexibility index (Phi) is 4.32. The molecule has 0 spiro atoms. The van der Waals surface area contributed by atoms with Crippen LogP contribution in [0.3, 0.4) is 0 Å². The standard InChI is InChI=1S/C15H19N5O2/c1-11-8-13(22-19-11)9-14(21)18-12-4-2-7-20(10-12)15-16-5-3-6-17-15/h3,5-6,8,12H,2,4,7,9-10H2,1H3,(H,18,21)/t12-/m0/s1. The lowest BCUT2D eigenvalue weighted by molar-refractivity contribution is -0.121. The minimum atomic E-state index is -0.0445. The molecule has 3 rings (SSSR count). The van der Waals surface area contributed by atoms with Gasteiger partial charge in [-0.3, -0.25) is 4.79 Å². The van der Waals surface area contributed by atoms with Crippen LogP contribution in [0.25, 0.3) is 0 Å². The fourth-order valence-corrected chi connectivity index (χ4v) is 2.67. The number of rotatable bonds is 4. The van der Waals surface area contributed by atoms with Crippen molar-refractivity contribution < 1.29 is 9.32 Å². The molecule has 0 aliphatic carbocycles. The van der Waals surface area contributed by atoms with Gasteiger partial charge in [-0.1, -0.05) is 5.16 Å². The molecule has 7 nitrogen and oxygen atoms in total. The van der Waals surface area contributed by atoms with Gasteiger partial charge in [0.05, 0.1) is 12.1 Å². The zero-order valence-electron chi connectivity index (χ0n) is 12.5. The maximum Gasteiger partial charge on any atom is 0.228 e. The molecule has 7 heteroatoms. The number of nitrogens with one attached hydrogen (secondary N) is 1. The Morgan fingerprint density at radius 3 is 3.00 bits per heavy atom. The van der Waals surface area contributed by atoms with Crippen LogP contribution in [-0.2, 0) is 11.2 Å². The highest BCUT2D eigenvalue weighted by Crippen LogP contribution is 2.15. The monoisotopic (exact) mass is 301 g/mol. The Bertz CT molecular complexity index is 628. The lowest BCUT2D eigenvalue weighted by atomic mass is 10.1. The summed E-state index contributed by atoms with van der Waals surface area (Å²) in [7, 11) is 0. The quantitative estimate of drug-likeness (QED) is 0.910. The van der Waals surface area contributed by atoms with Gasteiger partial charge in [0.1, 0.15) is 5.76 Å². The van der Waals surface area contributed by atoms with E-state index in [0.717, 1.165) is 31.6 Å². The van der Waals surface area contributed by atoms with Crippen LogP contribution >= 0.6 is 0 Å². The molecule has 1 fully saturated rings. The van der Waals surface area contributed by atoms with Crippen molar-refractivity contribution in [2.75, 3.05) is 18.0 Å². The van der Waals surface area contributed by atoms with E-state index in [1.165, 1.54) is 0 Å². The molecule has 1 aliphatic heterocycles. The minimum Gasteiger partial charge on any atom is -0.361 e. The number of anilines is 1. The number of aromatic nitrogens is 3. The lowest BCUT2D eigenvalue weighted by Gasteiger charge is -2.33. The molecule has 0 radical (unpaired) electrons. The fourth-order valence-electron chi connectivity index (χ4n) is 2.67. The van der Waals surface area contributed by atoms with Gasteiger partial charge in [0.15, 0.2) is 0 Å². The van der Waals surface area contributed by atoms with Crippen LogP contribution in [0.1, 0.15) is 24.3 Å². The summed E-state index contributed by atoms with van der Waals surface area (Å²) in [6, 6.07) is 3.69. The molecule has 0 aromatic carbocycles. The van der Waals surface area contributed by atoms with Crippen molar-refractivity contribution in [2.45, 2.75) is 32.2 Å². The van der Waals surface area contributed by atoms with Crippen LogP contribution in [0.4, 0.5) is 5.95 Å². The Balaban J connectivity index is 1.55. The van der Waals surface area contributed by atoms with Gasteiger partial charge in [-0.2, -0.15) is 0 Å². The maximum absolute atomic E-state index is 12.1. The van der Waals surface area contributed by atoms with Gasteiger partial charge in [-0.15, -0.1) is 0 Å². The van der Waals surface area contributed by atoms with Crippen LogP contribution in [0.5, 0.6) is 0 Å². The van der Waals surface area contributed by atoms with Crippen LogP contribution in [0.15, 0.2) is 29.0 Å². The Hall–Kier alpha value is -2.44. The molecular formula is C15H19N5O2. The van der Waals surface area contributed by atoms with Gasteiger partial charge in [-0.05, 0) is 25.8 Å². The summed E-state index contributed by atoms with van der Waals surface area (Å²) in [5.74, 6) is 1.26. The number of piperidine rings is 1. The molecule has 1 aliphatic rings. The SMILES string of the molecule is Cc1cc(CC(=O)N[C@H]2CCCN(c3ncccn3)C2)on1. The highest BCUT2D eigenvalue weighted by molar-refractivity contribution is 5.78. The highest BCUT2D eigenvalue weighted by atomic mass is 16.5. The smallest absolute Gasteiger partial charge is 0.228 e. The van der Waals surface area contributed by atoms with E-state index >= 15 is 0 Å². The number of hydrogen-bond acceptors (Lipinski definition) is 6. The summed E-state index contributed by atoms with van der Waals surface area (Å²) in [6.45, 7) is 3.48. The number of nitrogens with zero attached hydrogens (tertiary/aromatic N) is 4. The Morgan fingerprint density at radius 1 is 1.45 bits per heavy atom. The van der Waals surface area contributed by atoms with E-state index in [4.69, 9.17) is 4.52 Å². The largest absolute Gasteiger partial charge is 0.361 e. The molecule has 2 aromatic heterocycles. The van der Waals surface area contributed by atoms with Gasteiger partial charge in [-0.25, -0.2) is 9.97 Å². The van der Waals surface area contributed by atoms with Crippen molar-refractivity contribution in [1.82, 2.24) is 20.4 Å². The van der Waals surface area contributed by atoms with Crippen LogP contribution in [0, 0.1) is 6.92 Å². The predicted molar refractivity (Wildman–Crippen MR) is 80.4 cm³/mol. The lowest BCUT2D eigenvalue weighted by Crippen LogP contribution is -2.48. The summed E-state index contributed by atoms with van der Waals surface area (Å²) in [5, 5.41) is 6.84. The van der Waals surface area contributed by atoms with Crippen LogP contribution in [-0.4, -0.2) is 40.2 Å². The van der Waals surface area contributed by atoms with Gasteiger partial charge < -0.3 is 14.7 Å². The predicted octanol–water partition coefficient (Wildman–Crippen LogP) is 1.10. The average molecular weight is 301 g/mol. The van der Waals surface area contributed by atoms with E-state index in [-0.39, 0.29) is 18.4 Å². The molecule has 1 N–H and O–H groups in total. The summed E-state index contributed by atoms with van der Waals surface area (Å²) < 4.78 is 5.07. The fraction of sp³-hybridized carbons (Fsp3) is 0.467. The van der Waals surface area contributed by atoms with Gasteiger partial charge in [0.2, 0.25) is 11.9 Å². The van der Waals surface area contributed by atoms with Crippen molar-refractivity contribution in [2.24, 2.45) is 0 Å². The van der Waals surface area contributed by atoms with E-state index in [1.807, 2.05) is 6.92 Å². The molecule has 22 heavy (non-hydrogen) atoms. The second-order valence-electron chi connectivity index (χ2n) is 5.51. The third kappa shape index (κ3) is 3.60. The molecule has 1 atom stereocenters. The van der Waals surface area contributed by atoms with E-state index < -0.39 is 0 Å². The van der Waals surface area contributed by atoms with Crippen molar-refractivity contribution in [3.63, 3.8) is 0 Å². The zero-order valence-corrected chi connectivity index (χ0v) is 12.5. The second kappa shape index (κ2) is 6.55. The Morgan fingerprint density at radius 2 is 2.27 bits per heavy atom. The van der Waals surface area contributed by atoms with Gasteiger partial charge in [0.25, 0.3) is 0 Å². The summed E-state index contributed by atoms with van der Waals surface area (Å²) in [4.78, 5) is 22.7. The van der Waals surface area contributed by atoms with Crippen molar-refractivity contribution in [3.8, 4) is 0 Å². The third-order valence-electron chi connectivity index (χ3n) is 3.63. The molecule has 3 heterocycles. The van der Waals surface area contributed by atoms with Crippen molar-refractivity contribution in [3.05, 3.63) is 36.0 Å². The normalized spacial score (nSPS) is 18.2. The van der Waals surface area contributed by atoms with Crippen molar-refractivity contribution >= 4 is 11.9 Å². The molecule has 1 amide bonds. The third-order valence-corrected chi connectivity index (χ3v) is 3.63. The average Bonchev–Trinajstić information content (AvgIpc) is 2.93. The first kappa shape index (κ1) is 14.5. The highest BCUT2D eigenvalue weighted by Gasteiger charge is 2.23. The summed E-state index contributed by atoms with van der Waals surface area (Å²) >= 11 is 0. The molecule has 116 valence electrons. The summed E-state index contributed by atoms with van der Waals surface area (Å²) in [6.07, 6.45) is 5.65. The van der Waals surface area contributed by atoms with Crippen molar-refractivity contribution in [1.29, 1.82) is 0 Å². The molecule has 0 unspecified atom stereocenters. The molecule has 2 aromatic rings. The van der Waals surface area contributed by atoms with E-state index in [1.54, 1.807) is 24.5 Å². The second-order valence-corrected chi connectivity index (χ2v) is 5.51. The Labute approximate surface area is 128 Å². The van der Waals surface area contributed by atoms with Crippen LogP contribution < -0.4 is 10.2 Å². The maximum atomic E-state index is 12.1. The molecular weight excluding hydrogens is 282 g/mol. The van der Waals surface area contributed by atoms with E-state index in [9.17, 15) is 4.79 Å². The molecule has 0 bridgehead atoms. The number of aryl methyl sites for hydroxylation is 1. The van der Waals surface area contributed by atoms with Gasteiger partial charge >= 0.3 is 0 Å². The van der Waals surface area contributed by atoms with E-state index in [2.05, 4.69) is 25.3 Å². The first-order valence-corrected chi connectivity index (χ1v) is 7.44. The van der Waals surface area contributed by atoms with E-state index in [0.29, 0.717) is 11.7 Å². The number of carbonyl (C=O) groups is 1. The first-order valence-electron chi connectivity index (χ1n) is 7.44. The van der Waals surface area contributed by atoms with Gasteiger partial charge in [0, 0.05) is 37.6 Å². The number of hydrogen-bond donors (Lipinski definition) is 1. The topological polar surface area (TPSA) is 84.2 Å². The van der Waals surface area contributed by atoms with Crippen LogP contribution in [0.2, 0.25) is 0 Å². The molecule has 1 saturated heterocycles. The number of carbonyl (C=O) groups excluding carboxylic acids is 1. The first-order chi connectivity index (χ1) is 10.7. The zero-order chi connectivity index (χ0) is 15.4. The summed E-state index contributed by atoms with van der Waals surface area (Å²) in [5.41, 5.74) is 0.785. The number of amides is 1. The minimum absolute atomic E-state index is 0.0445.